The zero-order valence-electron chi connectivity index (χ0n) is 18.7. The number of halogens is 3. The molecule has 1 aromatic heterocycles. The summed E-state index contributed by atoms with van der Waals surface area (Å²) in [6.07, 6.45) is -1.24. The van der Waals surface area contributed by atoms with Gasteiger partial charge in [-0.1, -0.05) is 19.1 Å². The number of ether oxygens (including phenoxy) is 1. The molecule has 2 aliphatic rings. The topological polar surface area (TPSA) is 59.4 Å². The lowest BCUT2D eigenvalue weighted by Crippen LogP contribution is -2.39. The van der Waals surface area contributed by atoms with Crippen LogP contribution in [-0.4, -0.2) is 57.6 Å². The maximum Gasteiger partial charge on any atom is 0.573 e. The molecular weight excluding hydrogens is 453 g/mol. The first-order valence-corrected chi connectivity index (χ1v) is 12.5. The van der Waals surface area contributed by atoms with Crippen molar-refractivity contribution in [1.29, 1.82) is 0 Å². The molecule has 1 fully saturated rings. The van der Waals surface area contributed by atoms with Gasteiger partial charge in [0, 0.05) is 55.0 Å². The van der Waals surface area contributed by atoms with Crippen LogP contribution in [0, 0.1) is 0 Å². The Balaban J connectivity index is 1.43. The Labute approximate surface area is 195 Å². The fraction of sp³-hybridized carbons (Fsp3) is 0.565. The minimum atomic E-state index is -4.69. The van der Waals surface area contributed by atoms with Crippen LogP contribution in [0.4, 0.5) is 13.2 Å². The Morgan fingerprint density at radius 2 is 1.97 bits per heavy atom. The van der Waals surface area contributed by atoms with Crippen molar-refractivity contribution in [3.8, 4) is 5.75 Å². The van der Waals surface area contributed by atoms with Crippen molar-refractivity contribution in [3.05, 3.63) is 46.8 Å². The third-order valence-corrected chi connectivity index (χ3v) is 6.98. The Morgan fingerprint density at radius 3 is 2.64 bits per heavy atom. The van der Waals surface area contributed by atoms with Crippen LogP contribution in [0.1, 0.15) is 47.1 Å². The minimum Gasteiger partial charge on any atom is -0.406 e. The molecule has 2 aromatic rings. The lowest BCUT2D eigenvalue weighted by molar-refractivity contribution is -0.274. The second-order valence-electron chi connectivity index (χ2n) is 8.41. The number of aryl methyl sites for hydroxylation is 1. The number of alkyl halides is 3. The zero-order valence-corrected chi connectivity index (χ0v) is 19.5. The molecular formula is C23H29F3N4O2S. The maximum atomic E-state index is 13.2. The molecule has 180 valence electrons. The van der Waals surface area contributed by atoms with Gasteiger partial charge in [0.05, 0.1) is 0 Å². The van der Waals surface area contributed by atoms with Crippen molar-refractivity contribution in [2.75, 3.05) is 24.6 Å². The normalized spacial score (nSPS) is 18.8. The quantitative estimate of drug-likeness (QED) is 0.646. The van der Waals surface area contributed by atoms with Crippen LogP contribution in [0.2, 0.25) is 0 Å². The third kappa shape index (κ3) is 6.03. The summed E-state index contributed by atoms with van der Waals surface area (Å²) in [7, 11) is 0. The zero-order chi connectivity index (χ0) is 23.4. The number of benzene rings is 1. The second kappa shape index (κ2) is 10.4. The lowest BCUT2D eigenvalue weighted by Gasteiger charge is -2.27. The van der Waals surface area contributed by atoms with Crippen molar-refractivity contribution in [1.82, 2.24) is 20.0 Å². The van der Waals surface area contributed by atoms with E-state index >= 15 is 0 Å². The highest BCUT2D eigenvalue weighted by molar-refractivity contribution is 7.99. The first-order chi connectivity index (χ1) is 15.8. The molecule has 0 radical (unpaired) electrons. The number of nitrogens with zero attached hydrogens (tertiary/aromatic N) is 3. The monoisotopic (exact) mass is 482 g/mol. The number of carbonyl (C=O) groups is 1. The number of nitrogens with one attached hydrogen (secondary N) is 1. The van der Waals surface area contributed by atoms with Crippen LogP contribution >= 0.6 is 11.8 Å². The van der Waals surface area contributed by atoms with Gasteiger partial charge in [0.25, 0.3) is 5.91 Å². The van der Waals surface area contributed by atoms with Gasteiger partial charge in [-0.05, 0) is 43.4 Å². The first kappa shape index (κ1) is 23.9. The third-order valence-electron chi connectivity index (χ3n) is 6.03. The van der Waals surface area contributed by atoms with E-state index in [9.17, 15) is 18.0 Å². The average molecular weight is 483 g/mol. The minimum absolute atomic E-state index is 0.0299. The average Bonchev–Trinajstić information content (AvgIpc) is 3.15. The van der Waals surface area contributed by atoms with E-state index in [-0.39, 0.29) is 17.7 Å². The van der Waals surface area contributed by atoms with E-state index in [1.165, 1.54) is 17.8 Å². The van der Waals surface area contributed by atoms with Crippen LogP contribution in [-0.2, 0) is 25.9 Å². The summed E-state index contributed by atoms with van der Waals surface area (Å²) in [6, 6.07) is 6.08. The molecule has 0 bridgehead atoms. The fourth-order valence-corrected chi connectivity index (χ4v) is 5.32. The first-order valence-electron chi connectivity index (χ1n) is 11.4. The smallest absolute Gasteiger partial charge is 0.406 e. The number of amides is 1. The molecule has 2 heterocycles. The maximum absolute atomic E-state index is 13.2. The molecule has 1 saturated heterocycles. The van der Waals surface area contributed by atoms with Gasteiger partial charge in [-0.2, -0.15) is 16.9 Å². The highest BCUT2D eigenvalue weighted by atomic mass is 32.2. The van der Waals surface area contributed by atoms with Crippen molar-refractivity contribution >= 4 is 17.7 Å². The molecule has 6 nitrogen and oxygen atoms in total. The van der Waals surface area contributed by atoms with E-state index in [2.05, 4.69) is 17.0 Å². The van der Waals surface area contributed by atoms with Gasteiger partial charge >= 0.3 is 6.36 Å². The van der Waals surface area contributed by atoms with E-state index in [1.807, 2.05) is 21.3 Å². The van der Waals surface area contributed by atoms with Crippen LogP contribution in [0.5, 0.6) is 5.75 Å². The van der Waals surface area contributed by atoms with E-state index < -0.39 is 6.36 Å². The van der Waals surface area contributed by atoms with E-state index in [0.29, 0.717) is 12.2 Å². The van der Waals surface area contributed by atoms with Gasteiger partial charge in [-0.3, -0.25) is 9.48 Å². The number of rotatable bonds is 7. The summed E-state index contributed by atoms with van der Waals surface area (Å²) in [5.74, 6) is 1.72. The number of hydrogen-bond acceptors (Lipinski definition) is 5. The molecule has 10 heteroatoms. The predicted octanol–water partition coefficient (Wildman–Crippen LogP) is 4.03. The molecule has 1 N–H and O–H groups in total. The summed E-state index contributed by atoms with van der Waals surface area (Å²) in [5.41, 5.74) is 3.67. The number of hydrogen-bond donors (Lipinski definition) is 1. The highest BCUT2D eigenvalue weighted by Crippen LogP contribution is 2.27. The van der Waals surface area contributed by atoms with Gasteiger partial charge in [-0.15, -0.1) is 13.2 Å². The summed E-state index contributed by atoms with van der Waals surface area (Å²) in [6.45, 7) is 4.96. The van der Waals surface area contributed by atoms with Crippen molar-refractivity contribution < 1.29 is 22.7 Å². The SMILES string of the molecule is CCCn1nc(C(=O)N2CCSCC2)c2c1CCC(NCc1ccc(OC(F)(F)F)cc1)C2. The lowest BCUT2D eigenvalue weighted by atomic mass is 9.90. The number of thioether (sulfide) groups is 1. The standard InChI is InChI=1S/C23H29F3N4O2S/c1-2-9-30-20-8-5-17(27-15-16-3-6-18(7-4-16)32-23(24,25)26)14-19(20)21(28-30)22(31)29-10-12-33-13-11-29/h3-4,6-7,17,27H,2,5,8-15H2,1H3. The van der Waals surface area contributed by atoms with Gasteiger partial charge in [0.2, 0.25) is 0 Å². The fourth-order valence-electron chi connectivity index (χ4n) is 4.42. The van der Waals surface area contributed by atoms with Crippen LogP contribution in [0.3, 0.4) is 0 Å². The van der Waals surface area contributed by atoms with Crippen molar-refractivity contribution in [2.24, 2.45) is 0 Å². The van der Waals surface area contributed by atoms with Gasteiger partial charge in [0.15, 0.2) is 5.69 Å². The molecule has 1 aliphatic heterocycles. The molecule has 1 atom stereocenters. The number of carbonyl (C=O) groups excluding carboxylic acids is 1. The largest absolute Gasteiger partial charge is 0.573 e. The Hall–Kier alpha value is -2.20. The summed E-state index contributed by atoms with van der Waals surface area (Å²) in [4.78, 5) is 15.1. The van der Waals surface area contributed by atoms with Crippen LogP contribution in [0.15, 0.2) is 24.3 Å². The molecule has 1 amide bonds. The predicted molar refractivity (Wildman–Crippen MR) is 122 cm³/mol. The van der Waals surface area contributed by atoms with E-state index in [0.717, 1.165) is 68.0 Å². The van der Waals surface area contributed by atoms with E-state index in [4.69, 9.17) is 5.10 Å². The molecule has 1 aliphatic carbocycles. The molecule has 0 saturated carbocycles. The van der Waals surface area contributed by atoms with E-state index in [1.54, 1.807) is 12.1 Å². The van der Waals surface area contributed by atoms with Crippen LogP contribution < -0.4 is 10.1 Å². The van der Waals surface area contributed by atoms with Gasteiger partial charge < -0.3 is 15.0 Å². The Bertz CT molecular complexity index is 956. The van der Waals surface area contributed by atoms with Gasteiger partial charge in [-0.25, -0.2) is 0 Å². The Morgan fingerprint density at radius 1 is 1.24 bits per heavy atom. The second-order valence-corrected chi connectivity index (χ2v) is 9.64. The van der Waals surface area contributed by atoms with Crippen molar-refractivity contribution in [3.63, 3.8) is 0 Å². The molecule has 33 heavy (non-hydrogen) atoms. The number of aromatic nitrogens is 2. The Kier molecular flexibility index (Phi) is 7.53. The summed E-state index contributed by atoms with van der Waals surface area (Å²) < 4.78 is 43.0. The molecule has 0 spiro atoms. The molecule has 4 rings (SSSR count). The summed E-state index contributed by atoms with van der Waals surface area (Å²) >= 11 is 1.87. The molecule has 1 unspecified atom stereocenters. The molecule has 1 aromatic carbocycles. The van der Waals surface area contributed by atoms with Crippen molar-refractivity contribution in [2.45, 2.75) is 58.1 Å². The number of fused-ring (bicyclic) bond motifs is 1. The van der Waals surface area contributed by atoms with Crippen LogP contribution in [0.25, 0.3) is 0 Å². The van der Waals surface area contributed by atoms with Gasteiger partial charge in [0.1, 0.15) is 5.75 Å². The summed E-state index contributed by atoms with van der Waals surface area (Å²) in [5, 5.41) is 8.24. The highest BCUT2D eigenvalue weighted by Gasteiger charge is 2.32.